The number of carbonyl (C=O) groups is 1. The van der Waals surface area contributed by atoms with Gasteiger partial charge in [-0.1, -0.05) is 23.2 Å². The molecular formula is C17H20Cl2N2O2S. The molecule has 24 heavy (non-hydrogen) atoms. The highest BCUT2D eigenvalue weighted by molar-refractivity contribution is 7.16. The zero-order valence-corrected chi connectivity index (χ0v) is 16.2. The first kappa shape index (κ1) is 19.1. The van der Waals surface area contributed by atoms with Crippen molar-refractivity contribution in [1.82, 2.24) is 9.80 Å². The van der Waals surface area contributed by atoms with E-state index in [4.69, 9.17) is 27.9 Å². The Morgan fingerprint density at radius 2 is 1.92 bits per heavy atom. The molecule has 0 unspecified atom stereocenters. The molecule has 130 valence electrons. The van der Waals surface area contributed by atoms with Gasteiger partial charge in [0.1, 0.15) is 5.75 Å². The van der Waals surface area contributed by atoms with Gasteiger partial charge in [0.2, 0.25) is 5.91 Å². The van der Waals surface area contributed by atoms with E-state index in [1.165, 1.54) is 11.3 Å². The maximum Gasteiger partial charge on any atom is 0.236 e. The van der Waals surface area contributed by atoms with E-state index in [0.717, 1.165) is 20.5 Å². The predicted octanol–water partition coefficient (Wildman–Crippen LogP) is 4.15. The summed E-state index contributed by atoms with van der Waals surface area (Å²) in [5.41, 5.74) is 0.952. The van der Waals surface area contributed by atoms with E-state index in [1.54, 1.807) is 25.1 Å². The van der Waals surface area contributed by atoms with Gasteiger partial charge in [0.15, 0.2) is 0 Å². The number of methoxy groups -OCH3 is 1. The Kier molecular flexibility index (Phi) is 6.92. The Morgan fingerprint density at radius 1 is 1.17 bits per heavy atom. The number of hydrogen-bond acceptors (Lipinski definition) is 4. The molecule has 4 nitrogen and oxygen atoms in total. The minimum atomic E-state index is 0.0445. The molecule has 0 atom stereocenters. The zero-order valence-electron chi connectivity index (χ0n) is 13.9. The minimum absolute atomic E-state index is 0.0445. The highest BCUT2D eigenvalue weighted by Crippen LogP contribution is 2.24. The van der Waals surface area contributed by atoms with Crippen molar-refractivity contribution in [1.29, 1.82) is 0 Å². The fraction of sp³-hybridized carbons (Fsp3) is 0.353. The largest absolute Gasteiger partial charge is 0.496 e. The Bertz CT molecular complexity index is 706. The molecule has 0 aliphatic carbocycles. The van der Waals surface area contributed by atoms with Crippen molar-refractivity contribution in [3.63, 3.8) is 0 Å². The predicted molar refractivity (Wildman–Crippen MR) is 100 cm³/mol. The summed E-state index contributed by atoms with van der Waals surface area (Å²) in [6, 6.07) is 9.27. The third kappa shape index (κ3) is 5.38. The molecule has 1 aromatic heterocycles. The second-order valence-corrected chi connectivity index (χ2v) is 7.82. The second-order valence-electron chi connectivity index (χ2n) is 5.58. The van der Waals surface area contributed by atoms with E-state index >= 15 is 0 Å². The fourth-order valence-electron chi connectivity index (χ4n) is 2.33. The van der Waals surface area contributed by atoms with Crippen molar-refractivity contribution < 1.29 is 9.53 Å². The first-order valence-corrected chi connectivity index (χ1v) is 8.95. The topological polar surface area (TPSA) is 32.8 Å². The Morgan fingerprint density at radius 3 is 2.54 bits per heavy atom. The molecule has 2 aromatic rings. The number of benzene rings is 1. The standard InChI is InChI=1S/C17H20Cl2N2O2S/c1-20(9-12-8-13(18)4-6-15(12)23-3)11-17(22)21(2)10-14-5-7-16(19)24-14/h4-8H,9-11H2,1-3H3. The van der Waals surface area contributed by atoms with Crippen LogP contribution in [0.3, 0.4) is 0 Å². The van der Waals surface area contributed by atoms with Gasteiger partial charge >= 0.3 is 0 Å². The van der Waals surface area contributed by atoms with E-state index in [2.05, 4.69) is 0 Å². The molecule has 0 aliphatic rings. The summed E-state index contributed by atoms with van der Waals surface area (Å²) in [7, 11) is 5.32. The maximum atomic E-state index is 12.4. The van der Waals surface area contributed by atoms with Crippen LogP contribution in [-0.4, -0.2) is 43.5 Å². The summed E-state index contributed by atoms with van der Waals surface area (Å²) >= 11 is 13.5. The van der Waals surface area contributed by atoms with E-state index < -0.39 is 0 Å². The molecule has 7 heteroatoms. The van der Waals surface area contributed by atoms with Crippen molar-refractivity contribution in [3.05, 3.63) is 50.1 Å². The summed E-state index contributed by atoms with van der Waals surface area (Å²) in [5.74, 6) is 0.809. The van der Waals surface area contributed by atoms with E-state index in [0.29, 0.717) is 24.7 Å². The van der Waals surface area contributed by atoms with Crippen LogP contribution in [0.25, 0.3) is 0 Å². The number of ether oxygens (including phenoxy) is 1. The number of rotatable bonds is 7. The molecule has 1 amide bonds. The van der Waals surface area contributed by atoms with E-state index in [9.17, 15) is 4.79 Å². The van der Waals surface area contributed by atoms with Crippen LogP contribution >= 0.6 is 34.5 Å². The number of halogens is 2. The number of thiophene rings is 1. The molecule has 0 aliphatic heterocycles. The smallest absolute Gasteiger partial charge is 0.236 e. The normalized spacial score (nSPS) is 10.9. The number of nitrogens with zero attached hydrogens (tertiary/aromatic N) is 2. The van der Waals surface area contributed by atoms with Crippen LogP contribution in [0.2, 0.25) is 9.36 Å². The molecule has 0 N–H and O–H groups in total. The van der Waals surface area contributed by atoms with Crippen molar-refractivity contribution in [3.8, 4) is 5.75 Å². The van der Waals surface area contributed by atoms with Gasteiger partial charge in [-0.3, -0.25) is 9.69 Å². The summed E-state index contributed by atoms with van der Waals surface area (Å²) in [6.45, 7) is 1.45. The van der Waals surface area contributed by atoms with Gasteiger partial charge in [0.05, 0.1) is 24.5 Å². The SMILES string of the molecule is COc1ccc(Cl)cc1CN(C)CC(=O)N(C)Cc1ccc(Cl)s1. The molecule has 0 radical (unpaired) electrons. The van der Waals surface area contributed by atoms with Crippen molar-refractivity contribution in [2.45, 2.75) is 13.1 Å². The molecule has 1 heterocycles. The van der Waals surface area contributed by atoms with Crippen LogP contribution in [0.15, 0.2) is 30.3 Å². The van der Waals surface area contributed by atoms with Crippen molar-refractivity contribution >= 4 is 40.4 Å². The third-order valence-electron chi connectivity index (χ3n) is 3.54. The van der Waals surface area contributed by atoms with Crippen LogP contribution in [0.1, 0.15) is 10.4 Å². The lowest BCUT2D eigenvalue weighted by Gasteiger charge is -2.22. The number of carbonyl (C=O) groups excluding carboxylic acids is 1. The monoisotopic (exact) mass is 386 g/mol. The van der Waals surface area contributed by atoms with E-state index in [-0.39, 0.29) is 5.91 Å². The van der Waals surface area contributed by atoms with Crippen LogP contribution in [0.5, 0.6) is 5.75 Å². The van der Waals surface area contributed by atoms with Gasteiger partial charge in [-0.2, -0.15) is 0 Å². The molecule has 0 saturated heterocycles. The minimum Gasteiger partial charge on any atom is -0.496 e. The number of hydrogen-bond donors (Lipinski definition) is 0. The van der Waals surface area contributed by atoms with Crippen LogP contribution in [-0.2, 0) is 17.9 Å². The second kappa shape index (κ2) is 8.72. The van der Waals surface area contributed by atoms with Gasteiger partial charge in [-0.25, -0.2) is 0 Å². The molecule has 1 aromatic carbocycles. The Balaban J connectivity index is 1.92. The first-order chi connectivity index (χ1) is 11.4. The highest BCUT2D eigenvalue weighted by Gasteiger charge is 2.15. The highest BCUT2D eigenvalue weighted by atomic mass is 35.5. The lowest BCUT2D eigenvalue weighted by Crippen LogP contribution is -2.35. The molecule has 0 fully saturated rings. The lowest BCUT2D eigenvalue weighted by molar-refractivity contribution is -0.131. The van der Waals surface area contributed by atoms with Gasteiger partial charge in [0.25, 0.3) is 0 Å². The molecular weight excluding hydrogens is 367 g/mol. The first-order valence-electron chi connectivity index (χ1n) is 7.38. The average molecular weight is 387 g/mol. The molecule has 2 rings (SSSR count). The average Bonchev–Trinajstić information content (AvgIpc) is 2.92. The van der Waals surface area contributed by atoms with Gasteiger partial charge < -0.3 is 9.64 Å². The summed E-state index contributed by atoms with van der Waals surface area (Å²) < 4.78 is 6.08. The van der Waals surface area contributed by atoms with Crippen molar-refractivity contribution in [2.75, 3.05) is 27.7 Å². The molecule has 0 saturated carbocycles. The Hall–Kier alpha value is -1.27. The number of likely N-dealkylation sites (N-methyl/N-ethyl adjacent to an activating group) is 2. The summed E-state index contributed by atoms with van der Waals surface area (Å²) in [6.07, 6.45) is 0. The quantitative estimate of drug-likeness (QED) is 0.716. The third-order valence-corrected chi connectivity index (χ3v) is 4.99. The Labute approximate surface area is 156 Å². The number of amides is 1. The maximum absolute atomic E-state index is 12.4. The molecule has 0 spiro atoms. The van der Waals surface area contributed by atoms with Crippen LogP contribution < -0.4 is 4.74 Å². The summed E-state index contributed by atoms with van der Waals surface area (Å²) in [5, 5.41) is 0.650. The van der Waals surface area contributed by atoms with Gasteiger partial charge in [-0.05, 0) is 37.4 Å². The van der Waals surface area contributed by atoms with Gasteiger partial charge in [-0.15, -0.1) is 11.3 Å². The van der Waals surface area contributed by atoms with Crippen LogP contribution in [0, 0.1) is 0 Å². The zero-order chi connectivity index (χ0) is 17.7. The van der Waals surface area contributed by atoms with Crippen LogP contribution in [0.4, 0.5) is 0 Å². The summed E-state index contributed by atoms with van der Waals surface area (Å²) in [4.78, 5) is 17.1. The fourth-order valence-corrected chi connectivity index (χ4v) is 3.66. The van der Waals surface area contributed by atoms with E-state index in [1.807, 2.05) is 36.2 Å². The van der Waals surface area contributed by atoms with Crippen molar-refractivity contribution in [2.24, 2.45) is 0 Å². The molecule has 0 bridgehead atoms. The van der Waals surface area contributed by atoms with Gasteiger partial charge in [0, 0.05) is 29.1 Å². The lowest BCUT2D eigenvalue weighted by atomic mass is 10.2.